The fourth-order valence-corrected chi connectivity index (χ4v) is 3.33. The third kappa shape index (κ3) is 4.42. The standard InChI is InChI=1S/C21H25N3O4/c1-3-23(4-2)21(27)15-7-9-17(10-8-15)22-20(26)16-12-19(25)24(13-16)14-18-6-5-11-28-18/h5-11,16H,3-4,12-14H2,1-2H3,(H,22,26)/t16-/m0/s1. The van der Waals surface area contributed by atoms with E-state index < -0.39 is 5.92 Å². The zero-order valence-corrected chi connectivity index (χ0v) is 16.2. The van der Waals surface area contributed by atoms with E-state index >= 15 is 0 Å². The van der Waals surface area contributed by atoms with E-state index in [0.29, 0.717) is 43.2 Å². The molecule has 0 radical (unpaired) electrons. The minimum atomic E-state index is -0.403. The van der Waals surface area contributed by atoms with Gasteiger partial charge in [0.15, 0.2) is 0 Å². The number of hydrogen-bond acceptors (Lipinski definition) is 4. The maximum Gasteiger partial charge on any atom is 0.253 e. The van der Waals surface area contributed by atoms with Gasteiger partial charge >= 0.3 is 0 Å². The molecule has 1 saturated heterocycles. The molecule has 1 aromatic heterocycles. The lowest BCUT2D eigenvalue weighted by Gasteiger charge is -2.18. The second kappa shape index (κ2) is 8.73. The Morgan fingerprint density at radius 2 is 1.89 bits per heavy atom. The summed E-state index contributed by atoms with van der Waals surface area (Å²) < 4.78 is 5.27. The summed E-state index contributed by atoms with van der Waals surface area (Å²) in [5, 5.41) is 2.84. The van der Waals surface area contributed by atoms with Crippen LogP contribution in [0, 0.1) is 5.92 Å². The SMILES string of the molecule is CCN(CC)C(=O)c1ccc(NC(=O)[C@H]2CC(=O)N(Cc3ccco3)C2)cc1. The van der Waals surface area contributed by atoms with Crippen LogP contribution < -0.4 is 5.32 Å². The van der Waals surface area contributed by atoms with Crippen molar-refractivity contribution in [2.45, 2.75) is 26.8 Å². The largest absolute Gasteiger partial charge is 0.467 e. The molecule has 2 heterocycles. The lowest BCUT2D eigenvalue weighted by Crippen LogP contribution is -2.30. The number of anilines is 1. The van der Waals surface area contributed by atoms with Crippen LogP contribution >= 0.6 is 0 Å². The van der Waals surface area contributed by atoms with Gasteiger partial charge in [0, 0.05) is 37.3 Å². The second-order valence-corrected chi connectivity index (χ2v) is 6.80. The number of nitrogens with zero attached hydrogens (tertiary/aromatic N) is 2. The van der Waals surface area contributed by atoms with Crippen LogP contribution in [0.1, 0.15) is 36.4 Å². The lowest BCUT2D eigenvalue weighted by molar-refractivity contribution is -0.128. The van der Waals surface area contributed by atoms with Gasteiger partial charge in [0.05, 0.1) is 18.7 Å². The highest BCUT2D eigenvalue weighted by Crippen LogP contribution is 2.22. The van der Waals surface area contributed by atoms with Crippen LogP contribution in [0.4, 0.5) is 5.69 Å². The van der Waals surface area contributed by atoms with Crippen molar-refractivity contribution in [1.82, 2.24) is 9.80 Å². The molecule has 2 aromatic rings. The maximum atomic E-state index is 12.5. The number of nitrogens with one attached hydrogen (secondary N) is 1. The van der Waals surface area contributed by atoms with Gasteiger partial charge in [-0.2, -0.15) is 0 Å². The number of furan rings is 1. The Hall–Kier alpha value is -3.09. The average Bonchev–Trinajstić information content (AvgIpc) is 3.34. The Kier molecular flexibility index (Phi) is 6.13. The summed E-state index contributed by atoms with van der Waals surface area (Å²) in [6.07, 6.45) is 1.75. The minimum absolute atomic E-state index is 0.0298. The number of carbonyl (C=O) groups is 3. The number of rotatable bonds is 7. The van der Waals surface area contributed by atoms with Gasteiger partial charge in [0.2, 0.25) is 11.8 Å². The summed E-state index contributed by atoms with van der Waals surface area (Å²) in [5.74, 6) is 0.00924. The molecule has 7 nitrogen and oxygen atoms in total. The van der Waals surface area contributed by atoms with Crippen LogP contribution in [0.2, 0.25) is 0 Å². The molecule has 1 aromatic carbocycles. The van der Waals surface area contributed by atoms with Gasteiger partial charge < -0.3 is 19.5 Å². The van der Waals surface area contributed by atoms with Gasteiger partial charge in [-0.05, 0) is 50.2 Å². The van der Waals surface area contributed by atoms with Crippen molar-refractivity contribution in [1.29, 1.82) is 0 Å². The highest BCUT2D eigenvalue weighted by Gasteiger charge is 2.34. The van der Waals surface area contributed by atoms with E-state index in [-0.39, 0.29) is 24.1 Å². The normalized spacial score (nSPS) is 16.3. The van der Waals surface area contributed by atoms with E-state index in [1.807, 2.05) is 19.9 Å². The molecule has 3 rings (SSSR count). The van der Waals surface area contributed by atoms with E-state index in [1.165, 1.54) is 0 Å². The summed E-state index contributed by atoms with van der Waals surface area (Å²) >= 11 is 0. The molecule has 1 aliphatic rings. The predicted octanol–water partition coefficient (Wildman–Crippen LogP) is 2.75. The molecule has 0 spiro atoms. The van der Waals surface area contributed by atoms with Crippen molar-refractivity contribution in [3.63, 3.8) is 0 Å². The molecule has 28 heavy (non-hydrogen) atoms. The second-order valence-electron chi connectivity index (χ2n) is 6.80. The van der Waals surface area contributed by atoms with E-state index in [9.17, 15) is 14.4 Å². The molecule has 0 unspecified atom stereocenters. The summed E-state index contributed by atoms with van der Waals surface area (Å²) in [6, 6.07) is 10.4. The molecular weight excluding hydrogens is 358 g/mol. The summed E-state index contributed by atoms with van der Waals surface area (Å²) in [4.78, 5) is 40.4. The molecular formula is C21H25N3O4. The Balaban J connectivity index is 1.57. The molecule has 0 bridgehead atoms. The summed E-state index contributed by atoms with van der Waals surface area (Å²) in [6.45, 7) is 5.92. The lowest BCUT2D eigenvalue weighted by atomic mass is 10.1. The van der Waals surface area contributed by atoms with Crippen LogP contribution in [-0.4, -0.2) is 47.2 Å². The first-order valence-electron chi connectivity index (χ1n) is 9.52. The van der Waals surface area contributed by atoms with E-state index in [2.05, 4.69) is 5.32 Å². The van der Waals surface area contributed by atoms with Crippen molar-refractivity contribution < 1.29 is 18.8 Å². The number of likely N-dealkylation sites (tertiary alicyclic amines) is 1. The summed E-state index contributed by atoms with van der Waals surface area (Å²) in [7, 11) is 0. The Bertz CT molecular complexity index is 826. The Labute approximate surface area is 164 Å². The van der Waals surface area contributed by atoms with Crippen molar-refractivity contribution in [3.8, 4) is 0 Å². The quantitative estimate of drug-likeness (QED) is 0.797. The van der Waals surface area contributed by atoms with Crippen LogP contribution in [0.25, 0.3) is 0 Å². The molecule has 0 aliphatic carbocycles. The minimum Gasteiger partial charge on any atom is -0.467 e. The number of hydrogen-bond donors (Lipinski definition) is 1. The molecule has 1 atom stereocenters. The van der Waals surface area contributed by atoms with E-state index in [1.54, 1.807) is 46.4 Å². The van der Waals surface area contributed by atoms with Gasteiger partial charge in [-0.25, -0.2) is 0 Å². The van der Waals surface area contributed by atoms with Crippen molar-refractivity contribution in [3.05, 3.63) is 54.0 Å². The van der Waals surface area contributed by atoms with E-state index in [4.69, 9.17) is 4.42 Å². The zero-order chi connectivity index (χ0) is 20.1. The molecule has 148 valence electrons. The highest BCUT2D eigenvalue weighted by atomic mass is 16.3. The maximum absolute atomic E-state index is 12.5. The number of benzene rings is 1. The molecule has 0 saturated carbocycles. The van der Waals surface area contributed by atoms with Gasteiger partial charge in [0.1, 0.15) is 5.76 Å². The predicted molar refractivity (Wildman–Crippen MR) is 105 cm³/mol. The highest BCUT2D eigenvalue weighted by molar-refractivity contribution is 5.98. The van der Waals surface area contributed by atoms with E-state index in [0.717, 1.165) is 0 Å². The fraction of sp³-hybridized carbons (Fsp3) is 0.381. The molecule has 3 amide bonds. The van der Waals surface area contributed by atoms with Gasteiger partial charge in [-0.3, -0.25) is 14.4 Å². The number of amides is 3. The first kappa shape index (κ1) is 19.7. The van der Waals surface area contributed by atoms with Crippen LogP contribution in [0.3, 0.4) is 0 Å². The first-order chi connectivity index (χ1) is 13.5. The molecule has 1 fully saturated rings. The monoisotopic (exact) mass is 383 g/mol. The molecule has 1 aliphatic heterocycles. The Morgan fingerprint density at radius 1 is 1.18 bits per heavy atom. The topological polar surface area (TPSA) is 82.9 Å². The van der Waals surface area contributed by atoms with Crippen molar-refractivity contribution in [2.24, 2.45) is 5.92 Å². The zero-order valence-electron chi connectivity index (χ0n) is 16.2. The first-order valence-corrected chi connectivity index (χ1v) is 9.52. The van der Waals surface area contributed by atoms with Crippen LogP contribution in [-0.2, 0) is 16.1 Å². The van der Waals surface area contributed by atoms with Crippen LogP contribution in [0.15, 0.2) is 47.1 Å². The smallest absolute Gasteiger partial charge is 0.253 e. The number of carbonyl (C=O) groups excluding carboxylic acids is 3. The Morgan fingerprint density at radius 3 is 2.50 bits per heavy atom. The van der Waals surface area contributed by atoms with Gasteiger partial charge in [-0.15, -0.1) is 0 Å². The van der Waals surface area contributed by atoms with Crippen molar-refractivity contribution >= 4 is 23.4 Å². The van der Waals surface area contributed by atoms with Crippen molar-refractivity contribution in [2.75, 3.05) is 25.0 Å². The average molecular weight is 383 g/mol. The third-order valence-electron chi connectivity index (χ3n) is 4.96. The fourth-order valence-electron chi connectivity index (χ4n) is 3.33. The molecule has 7 heteroatoms. The van der Waals surface area contributed by atoms with Gasteiger partial charge in [0.25, 0.3) is 5.91 Å². The van der Waals surface area contributed by atoms with Crippen LogP contribution in [0.5, 0.6) is 0 Å². The third-order valence-corrected chi connectivity index (χ3v) is 4.96. The summed E-state index contributed by atoms with van der Waals surface area (Å²) in [5.41, 5.74) is 1.19. The van der Waals surface area contributed by atoms with Gasteiger partial charge in [-0.1, -0.05) is 0 Å². The molecule has 1 N–H and O–H groups in total.